The SMILES string of the molecule is CC(C)(C)C(=O)[C@H](O)[C@@H](O)[C@H](O)[C@H](O)CO.CC(C)(C)C1OC(CO)[C@@H](O)[C@H](O)C1O.CC(C)(C)C1OC(CO)[C@@H](O[C@@H]2OC(CO)[C@H](O)[C@H](O)C2O)[C@H](O)C1O.CC(C)(C)C1OC(CO)[C@@H](O[C@H]2OC(CO)[C@@H](O)[C@H](O)C2O)[C@H](O)C1O.CC(C)(C)CC(O)C(O)C(O[C@H]1OC(CO)[C@@H](O)[C@H](O)C1O)C(O)CO.CC[C@H]1OC(O[C@@H]([C@H](O)[C@@H](O)C(=O)C(C)(C)C)[C@H](O)CO)[C@H](O)[C@@H](O)[C@H]1O.OCC1OCC(O)[C@@H](O)[C@H]1O. The summed E-state index contributed by atoms with van der Waals surface area (Å²) in [6, 6.07) is 0. The van der Waals surface area contributed by atoms with Crippen molar-refractivity contribution >= 4 is 11.6 Å². The maximum Gasteiger partial charge on any atom is 0.187 e. The first-order chi connectivity index (χ1) is 67.4. The number of rotatable bonds is 31. The van der Waals surface area contributed by atoms with Crippen LogP contribution in [-0.4, -0.2) is 611 Å². The molecule has 147 heavy (non-hydrogen) atoms. The van der Waals surface area contributed by atoms with E-state index in [2.05, 4.69) is 0 Å². The van der Waals surface area contributed by atoms with Gasteiger partial charge in [-0.15, -0.1) is 0 Å². The van der Waals surface area contributed by atoms with E-state index in [9.17, 15) is 188 Å². The molecule has 0 aromatic carbocycles. The standard InChI is InChI=1S/C17H32O10.2C16H30O10.C16H32O10.C10H20O6.C10H20O5.C6H12O5/c1-5-8-9(20)10(21)13(24)16(26-8)27-14(7(19)6-18)11(22)12(23)15(25)17(2,3)4;2*1-16(2,3)14-11(22)10(21)13(7(5-18)24-14)26-15-12(23)9(20)8(19)6(4-17)25-15;1-16(2,3)4-7(19)10(21)14(8(20)5-17)26-15-13(24)12(23)11(22)9(6-18)25-15;1-10(2,3)9(16)8(15)7(14)6(13)5(12)4-11;1-10(2,3)9-8(14)7(13)6(12)5(4-11)15-9;7-1-4-6(10)5(9)3(8)2-11-4/h7-14,16,18-24H,5-6H2,1-4H3;2*6-15,17-23H,4-5H2,1-3H3;7-15,17-24H,4-6H2,1-3H3;5-8,11-15H,4H2,1-3H3;5-9,11-14H,4H2,1-3H3;3-10H,1-2H2/t7-,8-,9+,10+,11-,12-,13-,14-,16?;6?,7?,8-,9+,10-,11?,12?,13-,14?,15-;6?,7?,8-,9-,10+,11?,12?,13+,14?,15-;7?,8?,9?,10?,11-,12+,13?,14?,15-;5-,6-,7+,8-;5?,6-,7+,8?,9?;3?,4?,5-,6+/m1101111/s1. The second kappa shape index (κ2) is 61.4. The fourth-order valence-electron chi connectivity index (χ4n) is 16.2. The minimum atomic E-state index is -1.95. The quantitative estimate of drug-likeness (QED) is 0.0306. The molecule has 8 aliphatic rings. The Kier molecular flexibility index (Phi) is 58.5. The normalized spacial score (nSPS) is 39.3. The van der Waals surface area contributed by atoms with E-state index in [1.807, 2.05) is 41.5 Å². The Hall–Kier alpha value is -2.82. The zero-order valence-electron chi connectivity index (χ0n) is 86.1. The van der Waals surface area contributed by atoms with E-state index >= 15 is 0 Å². The first-order valence-corrected chi connectivity index (χ1v) is 48.2. The molecule has 0 saturated carbocycles. The van der Waals surface area contributed by atoms with Gasteiger partial charge in [0, 0.05) is 10.8 Å². The topological polar surface area (TPSA) is 995 Å². The monoisotopic (exact) mass is 2170 g/mol. The Morgan fingerprint density at radius 2 is 0.531 bits per heavy atom. The van der Waals surface area contributed by atoms with Gasteiger partial charge in [0.2, 0.25) is 0 Å². The highest BCUT2D eigenvalue weighted by molar-refractivity contribution is 5.88. The number of hydrogen-bond acceptors (Lipinski definition) is 56. The van der Waals surface area contributed by atoms with Crippen LogP contribution < -0.4 is 0 Å². The zero-order chi connectivity index (χ0) is 114. The van der Waals surface area contributed by atoms with Crippen molar-refractivity contribution in [2.75, 3.05) is 72.7 Å². The molecule has 8 aliphatic heterocycles. The molecule has 0 amide bonds. The summed E-state index contributed by atoms with van der Waals surface area (Å²) < 4.78 is 64.2. The summed E-state index contributed by atoms with van der Waals surface area (Å²) in [5, 5.41) is 406. The van der Waals surface area contributed by atoms with Gasteiger partial charge >= 0.3 is 0 Å². The van der Waals surface area contributed by atoms with E-state index in [0.29, 0.717) is 0 Å². The van der Waals surface area contributed by atoms with E-state index in [0.717, 1.165) is 0 Å². The molecule has 8 saturated heterocycles. The van der Waals surface area contributed by atoms with Crippen LogP contribution in [0.15, 0.2) is 0 Å². The van der Waals surface area contributed by atoms with E-state index in [4.69, 9.17) is 92.6 Å². The third-order valence-corrected chi connectivity index (χ3v) is 25.4. The van der Waals surface area contributed by atoms with Crippen LogP contribution in [0.25, 0.3) is 0 Å². The molecular formula is C91H176O56. The Balaban J connectivity index is 0.000000590. The van der Waals surface area contributed by atoms with E-state index in [1.54, 1.807) is 69.2 Å². The zero-order valence-corrected chi connectivity index (χ0v) is 86.1. The molecule has 0 radical (unpaired) electrons. The van der Waals surface area contributed by atoms with Gasteiger partial charge in [-0.3, -0.25) is 9.59 Å². The molecule has 56 nitrogen and oxygen atoms in total. The summed E-state index contributed by atoms with van der Waals surface area (Å²) in [5.74, 6) is -1.37. The maximum absolute atomic E-state index is 12.2. The van der Waals surface area contributed by atoms with Crippen LogP contribution in [0.3, 0.4) is 0 Å². The van der Waals surface area contributed by atoms with Gasteiger partial charge in [0.15, 0.2) is 36.7 Å². The predicted molar refractivity (Wildman–Crippen MR) is 495 cm³/mol. The average Bonchev–Trinajstić information content (AvgIpc) is 0.774. The highest BCUT2D eigenvalue weighted by Gasteiger charge is 2.58. The fraction of sp³-hybridized carbons (Fsp3) is 0.978. The van der Waals surface area contributed by atoms with Crippen molar-refractivity contribution in [3.63, 3.8) is 0 Å². The van der Waals surface area contributed by atoms with Crippen molar-refractivity contribution in [1.82, 2.24) is 0 Å². The van der Waals surface area contributed by atoms with Crippen LogP contribution in [0.1, 0.15) is 144 Å². The number of ether oxygens (including phenoxy) is 12. The number of hydrogen-bond donors (Lipinski definition) is 42. The number of Topliss-reactive ketones (excluding diaryl/α,β-unsaturated/α-hetero) is 2. The van der Waals surface area contributed by atoms with Gasteiger partial charge < -0.3 is 271 Å². The van der Waals surface area contributed by atoms with Gasteiger partial charge in [-0.2, -0.15) is 0 Å². The Bertz CT molecular complexity index is 3460. The Morgan fingerprint density at radius 1 is 0.272 bits per heavy atom. The molecule has 56 heteroatoms. The molecule has 0 bridgehead atoms. The average molecular weight is 2170 g/mol. The highest BCUT2D eigenvalue weighted by Crippen LogP contribution is 2.41. The molecule has 0 aromatic heterocycles. The predicted octanol–water partition coefficient (Wildman–Crippen LogP) is -18.3. The van der Waals surface area contributed by atoms with Crippen LogP contribution >= 0.6 is 0 Å². The minimum absolute atomic E-state index is 0.0521. The number of ketones is 2. The van der Waals surface area contributed by atoms with Crippen LogP contribution in [-0.2, 0) is 66.4 Å². The maximum atomic E-state index is 12.2. The number of aliphatic hydroxyl groups excluding tert-OH is 42. The summed E-state index contributed by atoms with van der Waals surface area (Å²) in [6.07, 6.45) is -71.3. The van der Waals surface area contributed by atoms with Crippen molar-refractivity contribution in [3.8, 4) is 0 Å². The first kappa shape index (κ1) is 140. The number of carbonyl (C=O) groups is 2. The van der Waals surface area contributed by atoms with E-state index in [1.165, 1.54) is 20.8 Å². The van der Waals surface area contributed by atoms with Crippen molar-refractivity contribution in [1.29, 1.82) is 0 Å². The highest BCUT2D eigenvalue weighted by atomic mass is 16.8. The van der Waals surface area contributed by atoms with Crippen LogP contribution in [0.2, 0.25) is 0 Å². The van der Waals surface area contributed by atoms with Crippen LogP contribution in [0.5, 0.6) is 0 Å². The van der Waals surface area contributed by atoms with Gasteiger partial charge in [-0.1, -0.05) is 132 Å². The summed E-state index contributed by atoms with van der Waals surface area (Å²) in [5.41, 5.74) is -3.63. The fourth-order valence-corrected chi connectivity index (χ4v) is 16.2. The molecule has 0 aromatic rings. The summed E-state index contributed by atoms with van der Waals surface area (Å²) >= 11 is 0. The molecule has 0 spiro atoms. The van der Waals surface area contributed by atoms with Gasteiger partial charge in [-0.25, -0.2) is 0 Å². The molecule has 42 N–H and O–H groups in total. The van der Waals surface area contributed by atoms with E-state index in [-0.39, 0.29) is 43.5 Å². The van der Waals surface area contributed by atoms with Gasteiger partial charge in [-0.05, 0) is 34.5 Å². The smallest absolute Gasteiger partial charge is 0.187 e. The van der Waals surface area contributed by atoms with Crippen molar-refractivity contribution in [3.05, 3.63) is 0 Å². The molecule has 51 atom stereocenters. The molecule has 876 valence electrons. The Morgan fingerprint density at radius 3 is 0.823 bits per heavy atom. The Labute approximate surface area is 851 Å². The van der Waals surface area contributed by atoms with Gasteiger partial charge in [0.25, 0.3) is 0 Å². The lowest BCUT2D eigenvalue weighted by atomic mass is 9.80. The van der Waals surface area contributed by atoms with Crippen molar-refractivity contribution < 1.29 is 281 Å². The summed E-state index contributed by atoms with van der Waals surface area (Å²) in [4.78, 5) is 23.8. The lowest BCUT2D eigenvalue weighted by Crippen LogP contribution is -2.65. The number of carbonyl (C=O) groups excluding carboxylic acids is 2. The third-order valence-electron chi connectivity index (χ3n) is 25.4. The van der Waals surface area contributed by atoms with Crippen LogP contribution in [0, 0.1) is 32.5 Å². The third kappa shape index (κ3) is 38.8. The van der Waals surface area contributed by atoms with E-state index < -0.39 is 398 Å². The molecule has 0 aliphatic carbocycles. The first-order valence-electron chi connectivity index (χ1n) is 48.2. The molecular weight excluding hydrogens is 1990 g/mol. The van der Waals surface area contributed by atoms with Gasteiger partial charge in [0.1, 0.15) is 256 Å². The molecule has 8 fully saturated rings. The summed E-state index contributed by atoms with van der Waals surface area (Å²) in [7, 11) is 0. The lowest BCUT2D eigenvalue weighted by Gasteiger charge is -2.48. The second-order valence-electron chi connectivity index (χ2n) is 44.0. The number of aliphatic hydroxyl groups is 42. The minimum Gasteiger partial charge on any atom is -0.394 e. The summed E-state index contributed by atoms with van der Waals surface area (Å²) in [6.45, 7) is 26.6. The van der Waals surface area contributed by atoms with Crippen molar-refractivity contribution in [2.24, 2.45) is 32.5 Å². The molecule has 8 rings (SSSR count). The van der Waals surface area contributed by atoms with Crippen LogP contribution in [0.4, 0.5) is 0 Å². The largest absolute Gasteiger partial charge is 0.394 e. The van der Waals surface area contributed by atoms with Gasteiger partial charge in [0.05, 0.1) is 103 Å². The molecule has 8 heterocycles. The van der Waals surface area contributed by atoms with Crippen molar-refractivity contribution in [2.45, 2.75) is 456 Å². The second-order valence-corrected chi connectivity index (χ2v) is 44.0. The lowest BCUT2D eigenvalue weighted by molar-refractivity contribution is -0.345. The molecule has 22 unspecified atom stereocenters.